The molecule has 0 aromatic carbocycles. The van der Waals surface area contributed by atoms with Crippen LogP contribution in [0.3, 0.4) is 0 Å². The predicted octanol–water partition coefficient (Wildman–Crippen LogP) is 11.9. The number of hydrogen-bond donors (Lipinski definition) is 1. The molecule has 5 heteroatoms. The molecule has 1 rings (SSSR count). The second-order valence-corrected chi connectivity index (χ2v) is 13.7. The third-order valence-corrected chi connectivity index (χ3v) is 9.35. The van der Waals surface area contributed by atoms with Gasteiger partial charge in [-0.15, -0.1) is 0 Å². The SMILES string of the molecule is C=C(C)N1CCCC1C(=O)NCC(COCCCCCCCCCCCCCC)OCCCCCCCCCCCCCC.CC. The Bertz CT molecular complexity index is 656. The first-order valence-corrected chi connectivity index (χ1v) is 20.5. The summed E-state index contributed by atoms with van der Waals surface area (Å²) in [5, 5.41) is 3.18. The summed E-state index contributed by atoms with van der Waals surface area (Å²) >= 11 is 0. The zero-order valence-electron chi connectivity index (χ0n) is 32.0. The van der Waals surface area contributed by atoms with E-state index in [2.05, 4.69) is 30.6 Å². The Morgan fingerprint density at radius 3 is 1.54 bits per heavy atom. The van der Waals surface area contributed by atoms with Gasteiger partial charge in [0.25, 0.3) is 0 Å². The fraction of sp³-hybridized carbons (Fsp3) is 0.927. The maximum atomic E-state index is 13.0. The molecule has 46 heavy (non-hydrogen) atoms. The van der Waals surface area contributed by atoms with Crippen LogP contribution in [0.25, 0.3) is 0 Å². The lowest BCUT2D eigenvalue weighted by molar-refractivity contribution is -0.126. The molecule has 5 nitrogen and oxygen atoms in total. The van der Waals surface area contributed by atoms with Gasteiger partial charge in [-0.1, -0.05) is 176 Å². The number of allylic oxidation sites excluding steroid dienone is 1. The highest BCUT2D eigenvalue weighted by atomic mass is 16.5. The minimum atomic E-state index is -0.0912. The molecule has 0 aliphatic carbocycles. The van der Waals surface area contributed by atoms with E-state index in [0.29, 0.717) is 13.2 Å². The number of amides is 1. The second kappa shape index (κ2) is 35.2. The van der Waals surface area contributed by atoms with Crippen molar-refractivity contribution in [1.82, 2.24) is 10.2 Å². The Kier molecular flexibility index (Phi) is 34.4. The number of likely N-dealkylation sites (tertiary alicyclic amines) is 1. The van der Waals surface area contributed by atoms with Gasteiger partial charge in [0.2, 0.25) is 5.91 Å². The van der Waals surface area contributed by atoms with Crippen molar-refractivity contribution in [1.29, 1.82) is 0 Å². The lowest BCUT2D eigenvalue weighted by Crippen LogP contribution is -2.45. The summed E-state index contributed by atoms with van der Waals surface area (Å²) in [7, 11) is 0. The minimum Gasteiger partial charge on any atom is -0.379 e. The van der Waals surface area contributed by atoms with Crippen molar-refractivity contribution in [3.8, 4) is 0 Å². The van der Waals surface area contributed by atoms with E-state index in [0.717, 1.165) is 51.1 Å². The zero-order valence-corrected chi connectivity index (χ0v) is 32.0. The van der Waals surface area contributed by atoms with Gasteiger partial charge in [-0.25, -0.2) is 0 Å². The molecule has 0 saturated carbocycles. The Labute approximate surface area is 288 Å². The van der Waals surface area contributed by atoms with Crippen LogP contribution in [0.4, 0.5) is 0 Å². The molecule has 1 heterocycles. The van der Waals surface area contributed by atoms with Crippen molar-refractivity contribution in [2.45, 2.75) is 214 Å². The first kappa shape index (κ1) is 44.9. The summed E-state index contributed by atoms with van der Waals surface area (Å²) in [5.41, 5.74) is 0.980. The van der Waals surface area contributed by atoms with Crippen molar-refractivity contribution in [3.63, 3.8) is 0 Å². The molecule has 1 aliphatic rings. The molecule has 1 fully saturated rings. The number of nitrogens with one attached hydrogen (secondary N) is 1. The Balaban J connectivity index is 0.00000991. The Hall–Kier alpha value is -1.07. The zero-order chi connectivity index (χ0) is 33.9. The van der Waals surface area contributed by atoms with E-state index >= 15 is 0 Å². The lowest BCUT2D eigenvalue weighted by Gasteiger charge is -2.27. The number of hydrogen-bond acceptors (Lipinski definition) is 4. The van der Waals surface area contributed by atoms with E-state index in [-0.39, 0.29) is 18.1 Å². The Morgan fingerprint density at radius 1 is 0.696 bits per heavy atom. The number of nitrogens with zero attached hydrogens (tertiary/aromatic N) is 1. The molecule has 1 aliphatic heterocycles. The monoisotopic (exact) mass is 651 g/mol. The second-order valence-electron chi connectivity index (χ2n) is 13.7. The fourth-order valence-electron chi connectivity index (χ4n) is 6.45. The van der Waals surface area contributed by atoms with E-state index in [9.17, 15) is 4.79 Å². The van der Waals surface area contributed by atoms with Gasteiger partial charge in [0, 0.05) is 32.0 Å². The van der Waals surface area contributed by atoms with Gasteiger partial charge in [-0.05, 0) is 32.6 Å². The lowest BCUT2D eigenvalue weighted by atomic mass is 10.1. The average Bonchev–Trinajstić information content (AvgIpc) is 3.57. The number of carbonyl (C=O) groups is 1. The standard InChI is InChI=1S/C39H76N2O3.C2H6/c1-5-7-9-11-13-15-17-19-21-23-25-27-32-43-35-37(34-40-39(42)38-30-29-31-41(38)36(3)4)44-33-28-26-24-22-20-18-16-14-12-10-8-6-2;1-2/h37-38H,3,5-35H2,1-2,4H3,(H,40,42);1-2H3. The topological polar surface area (TPSA) is 50.8 Å². The summed E-state index contributed by atoms with van der Waals surface area (Å²) < 4.78 is 12.3. The van der Waals surface area contributed by atoms with Crippen molar-refractivity contribution in [3.05, 3.63) is 12.3 Å². The smallest absolute Gasteiger partial charge is 0.242 e. The van der Waals surface area contributed by atoms with E-state index < -0.39 is 0 Å². The van der Waals surface area contributed by atoms with Crippen LogP contribution in [0.15, 0.2) is 12.3 Å². The van der Waals surface area contributed by atoms with Crippen LogP contribution in [0.5, 0.6) is 0 Å². The van der Waals surface area contributed by atoms with Gasteiger partial charge in [0.15, 0.2) is 0 Å². The highest BCUT2D eigenvalue weighted by Crippen LogP contribution is 2.21. The summed E-state index contributed by atoms with van der Waals surface area (Å²) in [5.74, 6) is 0.102. The van der Waals surface area contributed by atoms with Gasteiger partial charge in [-0.3, -0.25) is 4.79 Å². The summed E-state index contributed by atoms with van der Waals surface area (Å²) in [6.07, 6.45) is 34.2. The van der Waals surface area contributed by atoms with Crippen LogP contribution in [0, 0.1) is 0 Å². The fourth-order valence-corrected chi connectivity index (χ4v) is 6.45. The molecule has 0 aromatic rings. The van der Waals surface area contributed by atoms with Crippen LogP contribution in [0.2, 0.25) is 0 Å². The predicted molar refractivity (Wildman–Crippen MR) is 202 cm³/mol. The van der Waals surface area contributed by atoms with Crippen LogP contribution in [0.1, 0.15) is 202 Å². The van der Waals surface area contributed by atoms with Crippen molar-refractivity contribution < 1.29 is 14.3 Å². The molecule has 1 saturated heterocycles. The summed E-state index contributed by atoms with van der Waals surface area (Å²) in [4.78, 5) is 15.1. The first-order valence-electron chi connectivity index (χ1n) is 20.5. The van der Waals surface area contributed by atoms with Gasteiger partial charge < -0.3 is 19.7 Å². The number of rotatable bonds is 33. The van der Waals surface area contributed by atoms with Crippen LogP contribution in [-0.4, -0.2) is 55.9 Å². The quantitative estimate of drug-likeness (QED) is 0.0718. The molecular formula is C41H82N2O3. The third kappa shape index (κ3) is 26.9. The number of carbonyl (C=O) groups excluding carboxylic acids is 1. The van der Waals surface area contributed by atoms with Gasteiger partial charge in [-0.2, -0.15) is 0 Å². The third-order valence-electron chi connectivity index (χ3n) is 9.35. The maximum Gasteiger partial charge on any atom is 0.242 e. The van der Waals surface area contributed by atoms with E-state index in [1.54, 1.807) is 0 Å². The molecule has 2 atom stereocenters. The van der Waals surface area contributed by atoms with Gasteiger partial charge in [0.05, 0.1) is 12.7 Å². The average molecular weight is 651 g/mol. The van der Waals surface area contributed by atoms with Gasteiger partial charge >= 0.3 is 0 Å². The normalized spacial score (nSPS) is 15.1. The molecule has 1 amide bonds. The highest BCUT2D eigenvalue weighted by molar-refractivity contribution is 5.82. The number of ether oxygens (including phenoxy) is 2. The summed E-state index contributed by atoms with van der Waals surface area (Å²) in [6.45, 7) is 18.2. The molecule has 2 unspecified atom stereocenters. The molecule has 1 N–H and O–H groups in total. The largest absolute Gasteiger partial charge is 0.379 e. The Morgan fingerprint density at radius 2 is 1.11 bits per heavy atom. The van der Waals surface area contributed by atoms with E-state index in [1.807, 2.05) is 20.8 Å². The first-order chi connectivity index (χ1) is 22.6. The van der Waals surface area contributed by atoms with Crippen LogP contribution >= 0.6 is 0 Å². The van der Waals surface area contributed by atoms with E-state index in [4.69, 9.17) is 9.47 Å². The summed E-state index contributed by atoms with van der Waals surface area (Å²) in [6, 6.07) is -0.0912. The minimum absolute atomic E-state index is 0.0799. The molecule has 0 radical (unpaired) electrons. The highest BCUT2D eigenvalue weighted by Gasteiger charge is 2.30. The molecule has 0 aromatic heterocycles. The van der Waals surface area contributed by atoms with Crippen molar-refractivity contribution >= 4 is 5.91 Å². The van der Waals surface area contributed by atoms with Crippen LogP contribution in [-0.2, 0) is 14.3 Å². The van der Waals surface area contributed by atoms with Gasteiger partial charge in [0.1, 0.15) is 6.04 Å². The van der Waals surface area contributed by atoms with Crippen LogP contribution < -0.4 is 5.32 Å². The maximum absolute atomic E-state index is 13.0. The van der Waals surface area contributed by atoms with Crippen molar-refractivity contribution in [2.75, 3.05) is 32.9 Å². The molecule has 274 valence electrons. The van der Waals surface area contributed by atoms with E-state index in [1.165, 1.54) is 141 Å². The molecular weight excluding hydrogens is 568 g/mol. The number of unbranched alkanes of at least 4 members (excludes halogenated alkanes) is 22. The van der Waals surface area contributed by atoms with Crippen molar-refractivity contribution in [2.24, 2.45) is 0 Å². The molecule has 0 spiro atoms. The molecule has 0 bridgehead atoms.